The van der Waals surface area contributed by atoms with Gasteiger partial charge < -0.3 is 20.6 Å². The molecule has 27 heavy (non-hydrogen) atoms. The molecule has 5 heteroatoms. The lowest BCUT2D eigenvalue weighted by molar-refractivity contribution is 0.162. The van der Waals surface area contributed by atoms with E-state index in [0.717, 1.165) is 24.8 Å². The van der Waals surface area contributed by atoms with Gasteiger partial charge in [-0.15, -0.1) is 0 Å². The number of aliphatic hydroxyl groups is 1. The predicted molar refractivity (Wildman–Crippen MR) is 107 cm³/mol. The van der Waals surface area contributed by atoms with Crippen molar-refractivity contribution in [1.82, 2.24) is 10.3 Å². The molecule has 0 saturated heterocycles. The van der Waals surface area contributed by atoms with E-state index in [1.165, 1.54) is 23.1 Å². The van der Waals surface area contributed by atoms with Crippen LogP contribution in [0.25, 0.3) is 10.8 Å². The summed E-state index contributed by atoms with van der Waals surface area (Å²) in [7, 11) is 0. The number of aromatic nitrogens is 1. The van der Waals surface area contributed by atoms with E-state index < -0.39 is 6.10 Å². The van der Waals surface area contributed by atoms with Crippen molar-refractivity contribution in [3.05, 3.63) is 66.0 Å². The van der Waals surface area contributed by atoms with Crippen LogP contribution in [-0.4, -0.2) is 26.3 Å². The predicted octanol–water partition coefficient (Wildman–Crippen LogP) is 4.03. The first-order valence-corrected chi connectivity index (χ1v) is 9.29. The van der Waals surface area contributed by atoms with E-state index in [9.17, 15) is 15.3 Å². The number of fused-ring (bicyclic) bond motifs is 1. The summed E-state index contributed by atoms with van der Waals surface area (Å²) in [5, 5.41) is 35.0. The molecular formula is C22H26N2O3. The molecule has 4 N–H and O–H groups in total. The molecule has 3 aromatic rings. The van der Waals surface area contributed by atoms with Crippen molar-refractivity contribution >= 4 is 10.8 Å². The van der Waals surface area contributed by atoms with Gasteiger partial charge in [0, 0.05) is 30.4 Å². The van der Waals surface area contributed by atoms with Gasteiger partial charge in [-0.3, -0.25) is 4.98 Å². The van der Waals surface area contributed by atoms with E-state index >= 15 is 0 Å². The van der Waals surface area contributed by atoms with Crippen molar-refractivity contribution in [2.24, 2.45) is 0 Å². The van der Waals surface area contributed by atoms with Crippen molar-refractivity contribution in [3.63, 3.8) is 0 Å². The van der Waals surface area contributed by atoms with Crippen LogP contribution in [0.1, 0.15) is 43.4 Å². The number of nitrogens with zero attached hydrogens (tertiary/aromatic N) is 1. The smallest absolute Gasteiger partial charge is 0.157 e. The molecule has 1 aromatic heterocycles. The number of aromatic hydroxyl groups is 2. The van der Waals surface area contributed by atoms with Crippen LogP contribution in [0.4, 0.5) is 0 Å². The van der Waals surface area contributed by atoms with Crippen LogP contribution in [0.5, 0.6) is 11.5 Å². The zero-order valence-corrected chi connectivity index (χ0v) is 15.5. The minimum atomic E-state index is -0.641. The summed E-state index contributed by atoms with van der Waals surface area (Å²) in [6, 6.07) is 13.2. The Hall–Kier alpha value is -2.63. The maximum absolute atomic E-state index is 10.2. The van der Waals surface area contributed by atoms with Gasteiger partial charge in [0.15, 0.2) is 11.5 Å². The minimum Gasteiger partial charge on any atom is -0.504 e. The molecule has 142 valence electrons. The monoisotopic (exact) mass is 366 g/mol. The fourth-order valence-electron chi connectivity index (χ4n) is 3.17. The largest absolute Gasteiger partial charge is 0.504 e. The van der Waals surface area contributed by atoms with Gasteiger partial charge in [0.05, 0.1) is 6.10 Å². The van der Waals surface area contributed by atoms with Gasteiger partial charge in [0.1, 0.15) is 0 Å². The van der Waals surface area contributed by atoms with Crippen molar-refractivity contribution < 1.29 is 15.3 Å². The van der Waals surface area contributed by atoms with Gasteiger partial charge in [0.25, 0.3) is 0 Å². The quantitative estimate of drug-likeness (QED) is 0.452. The van der Waals surface area contributed by atoms with E-state index in [0.29, 0.717) is 18.0 Å². The SMILES string of the molecule is C[C@H](CCCC(O)c1ccc(O)c(O)c1)NCc1ccc2cnccc2c1. The highest BCUT2D eigenvalue weighted by Gasteiger charge is 2.11. The fourth-order valence-corrected chi connectivity index (χ4v) is 3.17. The Morgan fingerprint density at radius 3 is 2.63 bits per heavy atom. The molecule has 0 bridgehead atoms. The molecule has 0 aliphatic heterocycles. The summed E-state index contributed by atoms with van der Waals surface area (Å²) in [6.45, 7) is 2.94. The van der Waals surface area contributed by atoms with Crippen LogP contribution in [0.3, 0.4) is 0 Å². The molecule has 5 nitrogen and oxygen atoms in total. The van der Waals surface area contributed by atoms with Gasteiger partial charge in [-0.05, 0) is 67.0 Å². The van der Waals surface area contributed by atoms with E-state index in [4.69, 9.17) is 0 Å². The van der Waals surface area contributed by atoms with E-state index in [-0.39, 0.29) is 11.5 Å². The highest BCUT2D eigenvalue weighted by molar-refractivity contribution is 5.81. The number of hydrogen-bond acceptors (Lipinski definition) is 5. The summed E-state index contributed by atoms with van der Waals surface area (Å²) in [6.07, 6.45) is 5.45. The Kier molecular flexibility index (Phi) is 6.27. The molecule has 0 aliphatic carbocycles. The molecule has 2 aromatic carbocycles. The molecule has 0 fully saturated rings. The molecule has 1 heterocycles. The van der Waals surface area contributed by atoms with Crippen LogP contribution < -0.4 is 5.32 Å². The summed E-state index contributed by atoms with van der Waals surface area (Å²) in [5.74, 6) is -0.374. The standard InChI is InChI=1S/C22H26N2O3/c1-15(3-2-4-20(25)18-7-8-21(26)22(27)12-18)24-13-16-5-6-19-14-23-10-9-17(19)11-16/h5-12,14-15,20,24-27H,2-4,13H2,1H3/t15-,20?/m1/s1. The summed E-state index contributed by atoms with van der Waals surface area (Å²) >= 11 is 0. The fraction of sp³-hybridized carbons (Fsp3) is 0.318. The van der Waals surface area contributed by atoms with Crippen molar-refractivity contribution in [1.29, 1.82) is 0 Å². The first-order valence-electron chi connectivity index (χ1n) is 9.29. The molecule has 0 radical (unpaired) electrons. The lowest BCUT2D eigenvalue weighted by Crippen LogP contribution is -2.25. The molecule has 0 amide bonds. The molecule has 0 saturated carbocycles. The number of phenolic OH excluding ortho intramolecular Hbond substituents is 2. The van der Waals surface area contributed by atoms with E-state index in [1.807, 2.05) is 12.3 Å². The topological polar surface area (TPSA) is 85.6 Å². The second-order valence-electron chi connectivity index (χ2n) is 7.03. The van der Waals surface area contributed by atoms with Crippen LogP contribution in [0, 0.1) is 0 Å². The number of benzene rings is 2. The lowest BCUT2D eigenvalue weighted by Gasteiger charge is -2.16. The summed E-state index contributed by atoms with van der Waals surface area (Å²) in [5.41, 5.74) is 1.86. The maximum atomic E-state index is 10.2. The highest BCUT2D eigenvalue weighted by Crippen LogP contribution is 2.29. The van der Waals surface area contributed by atoms with Gasteiger partial charge in [-0.2, -0.15) is 0 Å². The number of phenols is 2. The first-order chi connectivity index (χ1) is 13.0. The average Bonchev–Trinajstić information content (AvgIpc) is 2.68. The Bertz CT molecular complexity index is 898. The van der Waals surface area contributed by atoms with E-state index in [1.54, 1.807) is 12.3 Å². The average molecular weight is 366 g/mol. The maximum Gasteiger partial charge on any atom is 0.157 e. The van der Waals surface area contributed by atoms with Crippen LogP contribution in [0.2, 0.25) is 0 Å². The third kappa shape index (κ3) is 5.18. The summed E-state index contributed by atoms with van der Waals surface area (Å²) in [4.78, 5) is 4.13. The molecule has 1 unspecified atom stereocenters. The van der Waals surface area contributed by atoms with Gasteiger partial charge in [0.2, 0.25) is 0 Å². The van der Waals surface area contributed by atoms with Gasteiger partial charge in [-0.1, -0.05) is 18.2 Å². The third-order valence-electron chi connectivity index (χ3n) is 4.86. The van der Waals surface area contributed by atoms with Crippen molar-refractivity contribution in [2.75, 3.05) is 0 Å². The molecular weight excluding hydrogens is 340 g/mol. The zero-order valence-electron chi connectivity index (χ0n) is 15.5. The van der Waals surface area contributed by atoms with Crippen molar-refractivity contribution in [2.45, 2.75) is 44.9 Å². The molecule has 0 aliphatic rings. The third-order valence-corrected chi connectivity index (χ3v) is 4.86. The minimum absolute atomic E-state index is 0.172. The van der Waals surface area contributed by atoms with Gasteiger partial charge >= 0.3 is 0 Å². The van der Waals surface area contributed by atoms with Crippen LogP contribution in [0.15, 0.2) is 54.9 Å². The van der Waals surface area contributed by atoms with Crippen molar-refractivity contribution in [3.8, 4) is 11.5 Å². The second kappa shape index (κ2) is 8.84. The highest BCUT2D eigenvalue weighted by atomic mass is 16.3. The number of rotatable bonds is 8. The number of nitrogens with one attached hydrogen (secondary N) is 1. The summed E-state index contributed by atoms with van der Waals surface area (Å²) < 4.78 is 0. The number of aliphatic hydroxyl groups excluding tert-OH is 1. The number of hydrogen-bond donors (Lipinski definition) is 4. The molecule has 2 atom stereocenters. The molecule has 0 spiro atoms. The normalized spacial score (nSPS) is 13.6. The molecule has 3 rings (SSSR count). The zero-order chi connectivity index (χ0) is 19.2. The van der Waals surface area contributed by atoms with E-state index in [2.05, 4.69) is 35.4 Å². The van der Waals surface area contributed by atoms with Crippen LogP contribution >= 0.6 is 0 Å². The lowest BCUT2D eigenvalue weighted by atomic mass is 10.0. The first kappa shape index (κ1) is 19.1. The van der Waals surface area contributed by atoms with Gasteiger partial charge in [-0.25, -0.2) is 0 Å². The Labute approximate surface area is 159 Å². The van der Waals surface area contributed by atoms with Crippen LogP contribution in [-0.2, 0) is 6.54 Å². The Morgan fingerprint density at radius 2 is 1.81 bits per heavy atom. The second-order valence-corrected chi connectivity index (χ2v) is 7.03. The Morgan fingerprint density at radius 1 is 0.963 bits per heavy atom. The Balaban J connectivity index is 1.43. The number of pyridine rings is 1.